The first-order valence-corrected chi connectivity index (χ1v) is 10.4. The third kappa shape index (κ3) is 8.72. The van der Waals surface area contributed by atoms with Crippen LogP contribution in [0.25, 0.3) is 0 Å². The molecule has 154 valence electrons. The fourth-order valence-electron chi connectivity index (χ4n) is 3.07. The smallest absolute Gasteiger partial charge is 0.213 e. The zero-order valence-corrected chi connectivity index (χ0v) is 17.5. The van der Waals surface area contributed by atoms with Crippen molar-refractivity contribution in [2.45, 2.75) is 45.6 Å². The van der Waals surface area contributed by atoms with E-state index in [1.807, 2.05) is 32.3 Å². The predicted molar refractivity (Wildman–Crippen MR) is 115 cm³/mol. The second-order valence-electron chi connectivity index (χ2n) is 7.09. The van der Waals surface area contributed by atoms with Gasteiger partial charge in [-0.3, -0.25) is 0 Å². The molecule has 0 fully saturated rings. The standard InChI is InChI=1S/C23H35N3O2/c1-4-7-20-8-5-10-22(16-20)27-15-14-25-12-6-9-21-11-13-26-23(17-21)28-19(2)18-24-3/h5,8,10-11,13,16-17,19,24-25H,4,6-7,9,12,14-15,18H2,1-3H3/t19-/m0/s1. The number of aromatic nitrogens is 1. The van der Waals surface area contributed by atoms with E-state index < -0.39 is 0 Å². The minimum atomic E-state index is 0.108. The molecule has 2 rings (SSSR count). The number of nitrogens with one attached hydrogen (secondary N) is 2. The van der Waals surface area contributed by atoms with E-state index in [1.165, 1.54) is 11.1 Å². The first kappa shape index (κ1) is 22.2. The molecule has 0 amide bonds. The van der Waals surface area contributed by atoms with Crippen LogP contribution in [-0.4, -0.2) is 44.4 Å². The maximum absolute atomic E-state index is 5.84. The van der Waals surface area contributed by atoms with Gasteiger partial charge < -0.3 is 20.1 Å². The van der Waals surface area contributed by atoms with Crippen molar-refractivity contribution in [1.29, 1.82) is 0 Å². The lowest BCUT2D eigenvalue weighted by Crippen LogP contribution is -2.26. The Hall–Kier alpha value is -2.11. The highest BCUT2D eigenvalue weighted by Gasteiger charge is 2.04. The van der Waals surface area contributed by atoms with Crippen LogP contribution in [0.4, 0.5) is 0 Å². The van der Waals surface area contributed by atoms with Crippen LogP contribution in [0.3, 0.4) is 0 Å². The molecule has 2 N–H and O–H groups in total. The summed E-state index contributed by atoms with van der Waals surface area (Å²) in [6, 6.07) is 12.5. The molecule has 1 atom stereocenters. The fraction of sp³-hybridized carbons (Fsp3) is 0.522. The maximum Gasteiger partial charge on any atom is 0.213 e. The number of aryl methyl sites for hydroxylation is 2. The molecule has 0 unspecified atom stereocenters. The van der Waals surface area contributed by atoms with Gasteiger partial charge in [0.05, 0.1) is 0 Å². The lowest BCUT2D eigenvalue weighted by molar-refractivity contribution is 0.211. The first-order valence-electron chi connectivity index (χ1n) is 10.4. The molecule has 0 spiro atoms. The van der Waals surface area contributed by atoms with E-state index >= 15 is 0 Å². The molecule has 1 heterocycles. The van der Waals surface area contributed by atoms with E-state index in [0.29, 0.717) is 12.5 Å². The topological polar surface area (TPSA) is 55.4 Å². The van der Waals surface area contributed by atoms with Crippen LogP contribution in [0.5, 0.6) is 11.6 Å². The van der Waals surface area contributed by atoms with Crippen LogP contribution in [0.1, 0.15) is 37.8 Å². The molecule has 5 nitrogen and oxygen atoms in total. The van der Waals surface area contributed by atoms with Crippen LogP contribution >= 0.6 is 0 Å². The molecule has 2 aromatic rings. The van der Waals surface area contributed by atoms with Crippen molar-refractivity contribution in [3.8, 4) is 11.6 Å². The summed E-state index contributed by atoms with van der Waals surface area (Å²) in [6.45, 7) is 7.55. The molecule has 0 bridgehead atoms. The highest BCUT2D eigenvalue weighted by Crippen LogP contribution is 2.14. The van der Waals surface area contributed by atoms with Crippen LogP contribution in [0, 0.1) is 0 Å². The van der Waals surface area contributed by atoms with Gasteiger partial charge in [-0.2, -0.15) is 0 Å². The van der Waals surface area contributed by atoms with Crippen LogP contribution in [-0.2, 0) is 12.8 Å². The highest BCUT2D eigenvalue weighted by atomic mass is 16.5. The minimum Gasteiger partial charge on any atom is -0.492 e. The van der Waals surface area contributed by atoms with Gasteiger partial charge in [-0.1, -0.05) is 25.5 Å². The number of benzene rings is 1. The third-order valence-electron chi connectivity index (χ3n) is 4.42. The Morgan fingerprint density at radius 1 is 1.07 bits per heavy atom. The first-order chi connectivity index (χ1) is 13.7. The van der Waals surface area contributed by atoms with Crippen LogP contribution in [0.15, 0.2) is 42.6 Å². The maximum atomic E-state index is 5.84. The van der Waals surface area contributed by atoms with Crippen molar-refractivity contribution in [3.05, 3.63) is 53.7 Å². The van der Waals surface area contributed by atoms with Crippen molar-refractivity contribution in [2.24, 2.45) is 0 Å². The van der Waals surface area contributed by atoms with Gasteiger partial charge in [-0.05, 0) is 69.1 Å². The Morgan fingerprint density at radius 2 is 1.93 bits per heavy atom. The second-order valence-corrected chi connectivity index (χ2v) is 7.09. The quantitative estimate of drug-likeness (QED) is 0.487. The van der Waals surface area contributed by atoms with E-state index in [4.69, 9.17) is 9.47 Å². The number of nitrogens with zero attached hydrogens (tertiary/aromatic N) is 1. The van der Waals surface area contributed by atoms with Gasteiger partial charge in [-0.15, -0.1) is 0 Å². The lowest BCUT2D eigenvalue weighted by Gasteiger charge is -2.13. The van der Waals surface area contributed by atoms with E-state index in [2.05, 4.69) is 46.8 Å². The van der Waals surface area contributed by atoms with E-state index in [0.717, 1.165) is 51.1 Å². The molecule has 1 aromatic carbocycles. The summed E-state index contributed by atoms with van der Waals surface area (Å²) in [5.74, 6) is 1.66. The number of likely N-dealkylation sites (N-methyl/N-ethyl adjacent to an activating group) is 1. The van der Waals surface area contributed by atoms with Gasteiger partial charge >= 0.3 is 0 Å². The molecule has 0 radical (unpaired) electrons. The molecule has 1 aromatic heterocycles. The summed E-state index contributed by atoms with van der Waals surface area (Å²) in [4.78, 5) is 4.29. The normalized spacial score (nSPS) is 12.0. The fourth-order valence-corrected chi connectivity index (χ4v) is 3.07. The second kappa shape index (κ2) is 13.1. The van der Waals surface area contributed by atoms with Gasteiger partial charge in [0.15, 0.2) is 0 Å². The van der Waals surface area contributed by atoms with Gasteiger partial charge in [0.2, 0.25) is 5.88 Å². The average molecular weight is 386 g/mol. The Morgan fingerprint density at radius 3 is 2.75 bits per heavy atom. The van der Waals surface area contributed by atoms with Crippen molar-refractivity contribution in [2.75, 3.05) is 33.3 Å². The summed E-state index contributed by atoms with van der Waals surface area (Å²) in [7, 11) is 1.92. The average Bonchev–Trinajstić information content (AvgIpc) is 2.68. The van der Waals surface area contributed by atoms with E-state index in [-0.39, 0.29) is 6.10 Å². The number of ether oxygens (including phenoxy) is 2. The van der Waals surface area contributed by atoms with Crippen molar-refractivity contribution in [1.82, 2.24) is 15.6 Å². The molecule has 28 heavy (non-hydrogen) atoms. The largest absolute Gasteiger partial charge is 0.492 e. The zero-order valence-electron chi connectivity index (χ0n) is 17.5. The molecule has 0 saturated carbocycles. The number of pyridine rings is 1. The molecular formula is C23H35N3O2. The van der Waals surface area contributed by atoms with Crippen LogP contribution < -0.4 is 20.1 Å². The highest BCUT2D eigenvalue weighted by molar-refractivity contribution is 5.28. The molecular weight excluding hydrogens is 350 g/mol. The molecule has 0 aliphatic carbocycles. The molecule has 0 aliphatic heterocycles. The van der Waals surface area contributed by atoms with Crippen molar-refractivity contribution >= 4 is 0 Å². The summed E-state index contributed by atoms with van der Waals surface area (Å²) < 4.78 is 11.7. The SMILES string of the molecule is CCCc1cccc(OCCNCCCc2ccnc(O[C@@H](C)CNC)c2)c1. The Labute approximate surface area is 169 Å². The van der Waals surface area contributed by atoms with E-state index in [1.54, 1.807) is 0 Å². The summed E-state index contributed by atoms with van der Waals surface area (Å²) in [6.07, 6.45) is 6.27. The molecule has 0 aliphatic rings. The van der Waals surface area contributed by atoms with Crippen molar-refractivity contribution in [3.63, 3.8) is 0 Å². The summed E-state index contributed by atoms with van der Waals surface area (Å²) in [5, 5.41) is 6.56. The zero-order chi connectivity index (χ0) is 20.0. The Kier molecular flexibility index (Phi) is 10.4. The van der Waals surface area contributed by atoms with Crippen molar-refractivity contribution < 1.29 is 9.47 Å². The summed E-state index contributed by atoms with van der Waals surface area (Å²) >= 11 is 0. The molecule has 5 heteroatoms. The summed E-state index contributed by atoms with van der Waals surface area (Å²) in [5.41, 5.74) is 2.60. The van der Waals surface area contributed by atoms with Gasteiger partial charge in [0.25, 0.3) is 0 Å². The Bertz CT molecular complexity index is 678. The lowest BCUT2D eigenvalue weighted by atomic mass is 10.1. The van der Waals surface area contributed by atoms with Gasteiger partial charge in [0, 0.05) is 25.4 Å². The van der Waals surface area contributed by atoms with Gasteiger partial charge in [-0.25, -0.2) is 4.98 Å². The van der Waals surface area contributed by atoms with Gasteiger partial charge in [0.1, 0.15) is 18.5 Å². The Balaban J connectivity index is 1.60. The predicted octanol–water partition coefficient (Wildman–Crippen LogP) is 3.62. The molecule has 0 saturated heterocycles. The monoisotopic (exact) mass is 385 g/mol. The minimum absolute atomic E-state index is 0.108. The number of hydrogen-bond acceptors (Lipinski definition) is 5. The van der Waals surface area contributed by atoms with E-state index in [9.17, 15) is 0 Å². The third-order valence-corrected chi connectivity index (χ3v) is 4.42. The van der Waals surface area contributed by atoms with Crippen LogP contribution in [0.2, 0.25) is 0 Å². The number of hydrogen-bond donors (Lipinski definition) is 2. The number of rotatable bonds is 14.